The number of carbonyl (C=O) groups is 2. The maximum Gasteiger partial charge on any atom is 0.167 e. The van der Waals surface area contributed by atoms with Crippen LogP contribution in [0.2, 0.25) is 0 Å². The van der Waals surface area contributed by atoms with Crippen LogP contribution in [0, 0.1) is 16.2 Å². The van der Waals surface area contributed by atoms with Crippen LogP contribution in [-0.2, 0) is 19.1 Å². The largest absolute Gasteiger partial charge is 0.368 e. The summed E-state index contributed by atoms with van der Waals surface area (Å²) in [6.07, 6.45) is 3.88. The minimum Gasteiger partial charge on any atom is -0.368 e. The van der Waals surface area contributed by atoms with Crippen molar-refractivity contribution in [3.05, 3.63) is 0 Å². The van der Waals surface area contributed by atoms with Crippen LogP contribution in [0.5, 0.6) is 0 Å². The summed E-state index contributed by atoms with van der Waals surface area (Å²) in [5.41, 5.74) is -2.43. The molecule has 0 fully saturated rings. The zero-order chi connectivity index (χ0) is 25.6. The highest BCUT2D eigenvalue weighted by Gasteiger charge is 2.54. The Hall–Kier alpha value is -0.740. The normalized spacial score (nSPS) is 18.0. The van der Waals surface area contributed by atoms with E-state index < -0.39 is 22.5 Å². The van der Waals surface area contributed by atoms with Gasteiger partial charge in [-0.3, -0.25) is 9.59 Å². The molecular formula is C28H54O4. The molecule has 3 atom stereocenters. The van der Waals surface area contributed by atoms with E-state index in [4.69, 9.17) is 9.47 Å². The third kappa shape index (κ3) is 6.03. The smallest absolute Gasteiger partial charge is 0.167 e. The second-order valence-corrected chi connectivity index (χ2v) is 11.3. The zero-order valence-corrected chi connectivity index (χ0v) is 23.7. The molecule has 0 rings (SSSR count). The van der Waals surface area contributed by atoms with Crippen molar-refractivity contribution in [2.24, 2.45) is 16.2 Å². The number of rotatable bonds is 16. The lowest BCUT2D eigenvalue weighted by molar-refractivity contribution is -0.192. The molecule has 0 aromatic rings. The summed E-state index contributed by atoms with van der Waals surface area (Å²) < 4.78 is 12.7. The first-order valence-electron chi connectivity index (χ1n) is 12.9. The standard InChI is InChI=1S/C28H54O4/c1-14-24(8,9)27(13,17-4)23(30)21(7)32-28(18-5,19-6)26(12,16-3)22(29)20-31-25(10,11)15-2/h21H,14-20H2,1-13H3. The Kier molecular flexibility index (Phi) is 11.3. The number of Topliss-reactive ketones (excluding diaryl/α,β-unsaturated/α-hetero) is 2. The van der Waals surface area contributed by atoms with E-state index in [0.29, 0.717) is 19.3 Å². The van der Waals surface area contributed by atoms with Gasteiger partial charge < -0.3 is 9.47 Å². The first kappa shape index (κ1) is 31.3. The van der Waals surface area contributed by atoms with Gasteiger partial charge in [0.2, 0.25) is 0 Å². The van der Waals surface area contributed by atoms with Crippen molar-refractivity contribution in [3.63, 3.8) is 0 Å². The van der Waals surface area contributed by atoms with Crippen molar-refractivity contribution in [2.75, 3.05) is 6.61 Å². The second-order valence-electron chi connectivity index (χ2n) is 11.3. The Balaban J connectivity index is 6.08. The van der Waals surface area contributed by atoms with Crippen molar-refractivity contribution in [1.29, 1.82) is 0 Å². The SMILES string of the molecule is CCC(C)(C)OCC(=O)C(C)(CC)C(CC)(CC)OC(C)C(=O)C(C)(CC)C(C)(C)CC. The Morgan fingerprint density at radius 2 is 1.16 bits per heavy atom. The monoisotopic (exact) mass is 454 g/mol. The molecule has 4 heteroatoms. The highest BCUT2D eigenvalue weighted by Crippen LogP contribution is 2.48. The quantitative estimate of drug-likeness (QED) is 0.241. The fourth-order valence-electron chi connectivity index (χ4n) is 4.84. The van der Waals surface area contributed by atoms with Crippen molar-refractivity contribution in [3.8, 4) is 0 Å². The summed E-state index contributed by atoms with van der Waals surface area (Å²) in [5, 5.41) is 0. The minimum atomic E-state index is -0.738. The Bertz CT molecular complexity index is 617. The van der Waals surface area contributed by atoms with E-state index in [2.05, 4.69) is 55.4 Å². The van der Waals surface area contributed by atoms with E-state index in [1.807, 2.05) is 34.6 Å². The Labute approximate surface area is 199 Å². The van der Waals surface area contributed by atoms with E-state index >= 15 is 0 Å². The lowest BCUT2D eigenvalue weighted by atomic mass is 9.60. The lowest BCUT2D eigenvalue weighted by Crippen LogP contribution is -2.57. The summed E-state index contributed by atoms with van der Waals surface area (Å²) >= 11 is 0. The van der Waals surface area contributed by atoms with Gasteiger partial charge in [0.1, 0.15) is 12.7 Å². The highest BCUT2D eigenvalue weighted by atomic mass is 16.5. The zero-order valence-electron chi connectivity index (χ0n) is 23.7. The van der Waals surface area contributed by atoms with Gasteiger partial charge in [0.05, 0.1) is 16.6 Å². The van der Waals surface area contributed by atoms with Gasteiger partial charge in [-0.2, -0.15) is 0 Å². The first-order chi connectivity index (χ1) is 14.5. The number of hydrogen-bond acceptors (Lipinski definition) is 4. The minimum absolute atomic E-state index is 0.0528. The van der Waals surface area contributed by atoms with Gasteiger partial charge in [-0.05, 0) is 65.2 Å². The molecule has 0 aromatic heterocycles. The van der Waals surface area contributed by atoms with Crippen LogP contribution in [0.4, 0.5) is 0 Å². The molecule has 4 nitrogen and oxygen atoms in total. The molecule has 0 aliphatic rings. The number of carbonyl (C=O) groups excluding carboxylic acids is 2. The molecule has 0 amide bonds. The summed E-state index contributed by atoms with van der Waals surface area (Å²) in [6, 6.07) is 0. The third-order valence-corrected chi connectivity index (χ3v) is 9.32. The van der Waals surface area contributed by atoms with Crippen molar-refractivity contribution < 1.29 is 19.1 Å². The van der Waals surface area contributed by atoms with Crippen molar-refractivity contribution in [2.45, 2.75) is 146 Å². The molecule has 32 heavy (non-hydrogen) atoms. The maximum absolute atomic E-state index is 13.8. The van der Waals surface area contributed by atoms with E-state index in [0.717, 1.165) is 19.3 Å². The summed E-state index contributed by atoms with van der Waals surface area (Å²) in [4.78, 5) is 27.3. The fraction of sp³-hybridized carbons (Fsp3) is 0.929. The van der Waals surface area contributed by atoms with Gasteiger partial charge in [-0.15, -0.1) is 0 Å². The third-order valence-electron chi connectivity index (χ3n) is 9.32. The molecule has 0 spiro atoms. The Morgan fingerprint density at radius 3 is 1.50 bits per heavy atom. The maximum atomic E-state index is 13.8. The molecule has 0 saturated heterocycles. The van der Waals surface area contributed by atoms with Crippen LogP contribution in [0.1, 0.15) is 129 Å². The molecule has 0 heterocycles. The van der Waals surface area contributed by atoms with Crippen molar-refractivity contribution in [1.82, 2.24) is 0 Å². The molecule has 0 radical (unpaired) electrons. The number of ketones is 2. The van der Waals surface area contributed by atoms with Gasteiger partial charge in [0, 0.05) is 5.41 Å². The van der Waals surface area contributed by atoms with E-state index in [1.54, 1.807) is 0 Å². The van der Waals surface area contributed by atoms with E-state index in [1.165, 1.54) is 0 Å². The van der Waals surface area contributed by atoms with Crippen molar-refractivity contribution >= 4 is 11.6 Å². The average Bonchev–Trinajstić information content (AvgIpc) is 2.78. The van der Waals surface area contributed by atoms with Gasteiger partial charge >= 0.3 is 0 Å². The van der Waals surface area contributed by atoms with Crippen LogP contribution < -0.4 is 0 Å². The van der Waals surface area contributed by atoms with E-state index in [9.17, 15) is 9.59 Å². The Morgan fingerprint density at radius 1 is 0.688 bits per heavy atom. The first-order valence-corrected chi connectivity index (χ1v) is 12.9. The average molecular weight is 455 g/mol. The van der Waals surface area contributed by atoms with Crippen LogP contribution >= 0.6 is 0 Å². The summed E-state index contributed by atoms with van der Waals surface area (Å²) in [6.45, 7) is 26.8. The van der Waals surface area contributed by atoms with Gasteiger partial charge in [-0.1, -0.05) is 68.7 Å². The second kappa shape index (κ2) is 11.6. The predicted molar refractivity (Wildman–Crippen MR) is 135 cm³/mol. The molecule has 190 valence electrons. The highest BCUT2D eigenvalue weighted by molar-refractivity contribution is 5.89. The van der Waals surface area contributed by atoms with Gasteiger partial charge in [0.15, 0.2) is 11.6 Å². The predicted octanol–water partition coefficient (Wildman–Crippen LogP) is 7.56. The number of hydrogen-bond donors (Lipinski definition) is 0. The number of ether oxygens (including phenoxy) is 2. The summed E-state index contributed by atoms with van der Waals surface area (Å²) in [7, 11) is 0. The van der Waals surface area contributed by atoms with Gasteiger partial charge in [-0.25, -0.2) is 0 Å². The molecule has 0 N–H and O–H groups in total. The molecule has 0 aliphatic heterocycles. The van der Waals surface area contributed by atoms with Crippen LogP contribution in [-0.4, -0.2) is 35.5 Å². The molecule has 0 bridgehead atoms. The molecule has 3 unspecified atom stereocenters. The fourth-order valence-corrected chi connectivity index (χ4v) is 4.84. The molecule has 0 aliphatic carbocycles. The van der Waals surface area contributed by atoms with Crippen LogP contribution in [0.3, 0.4) is 0 Å². The van der Waals surface area contributed by atoms with E-state index in [-0.39, 0.29) is 29.2 Å². The summed E-state index contributed by atoms with van der Waals surface area (Å²) in [5.74, 6) is 0.185. The van der Waals surface area contributed by atoms with Gasteiger partial charge in [0.25, 0.3) is 0 Å². The molecule has 0 saturated carbocycles. The molecule has 0 aromatic carbocycles. The lowest BCUT2D eigenvalue weighted by Gasteiger charge is -2.50. The topological polar surface area (TPSA) is 52.6 Å². The molecular weight excluding hydrogens is 400 g/mol. The van der Waals surface area contributed by atoms with Crippen LogP contribution in [0.15, 0.2) is 0 Å². The van der Waals surface area contributed by atoms with Crippen LogP contribution in [0.25, 0.3) is 0 Å².